The van der Waals surface area contributed by atoms with E-state index in [1.165, 1.54) is 28.8 Å². The molecule has 24 heavy (non-hydrogen) atoms. The zero-order valence-electron chi connectivity index (χ0n) is 15.2. The van der Waals surface area contributed by atoms with Crippen molar-refractivity contribution >= 4 is 0 Å². The molecule has 5 nitrogen and oxygen atoms in total. The fraction of sp³-hybridized carbons (Fsp3) is 0.526. The first kappa shape index (κ1) is 17.0. The van der Waals surface area contributed by atoms with Gasteiger partial charge >= 0.3 is 0 Å². The second-order valence-electron chi connectivity index (χ2n) is 7.06. The molecule has 2 aromatic rings. The van der Waals surface area contributed by atoms with Crippen molar-refractivity contribution in [3.8, 4) is 0 Å². The molecule has 1 aliphatic rings. The third kappa shape index (κ3) is 3.97. The van der Waals surface area contributed by atoms with E-state index in [1.54, 1.807) is 0 Å². The molecule has 0 spiro atoms. The SMILES string of the molecule is Cc1cncc(CN2CCC[C@@H]2c2nc(C)ncc2CN(C)C)c1. The number of rotatable bonds is 5. The molecule has 3 rings (SSSR count). The Labute approximate surface area is 144 Å². The summed E-state index contributed by atoms with van der Waals surface area (Å²) in [5.41, 5.74) is 4.94. The van der Waals surface area contributed by atoms with Gasteiger partial charge in [-0.3, -0.25) is 9.88 Å². The summed E-state index contributed by atoms with van der Waals surface area (Å²) in [6.45, 7) is 7.01. The van der Waals surface area contributed by atoms with Crippen LogP contribution in [-0.2, 0) is 13.1 Å². The van der Waals surface area contributed by atoms with E-state index >= 15 is 0 Å². The largest absolute Gasteiger partial charge is 0.305 e. The number of hydrogen-bond donors (Lipinski definition) is 0. The summed E-state index contributed by atoms with van der Waals surface area (Å²) in [6.07, 6.45) is 8.27. The summed E-state index contributed by atoms with van der Waals surface area (Å²) < 4.78 is 0. The molecule has 128 valence electrons. The maximum atomic E-state index is 4.82. The summed E-state index contributed by atoms with van der Waals surface area (Å²) >= 11 is 0. The number of nitrogens with zero attached hydrogens (tertiary/aromatic N) is 5. The topological polar surface area (TPSA) is 45.2 Å². The van der Waals surface area contributed by atoms with Gasteiger partial charge in [-0.2, -0.15) is 0 Å². The van der Waals surface area contributed by atoms with Crippen LogP contribution >= 0.6 is 0 Å². The van der Waals surface area contributed by atoms with E-state index in [4.69, 9.17) is 4.98 Å². The third-order valence-electron chi connectivity index (χ3n) is 4.50. The first-order chi connectivity index (χ1) is 11.5. The van der Waals surface area contributed by atoms with Crippen molar-refractivity contribution in [2.45, 2.75) is 45.8 Å². The van der Waals surface area contributed by atoms with Crippen LogP contribution < -0.4 is 0 Å². The second kappa shape index (κ2) is 7.36. The molecule has 5 heteroatoms. The van der Waals surface area contributed by atoms with Gasteiger partial charge < -0.3 is 4.90 Å². The lowest BCUT2D eigenvalue weighted by Gasteiger charge is -2.26. The molecule has 0 N–H and O–H groups in total. The average molecular weight is 325 g/mol. The summed E-state index contributed by atoms with van der Waals surface area (Å²) in [7, 11) is 4.18. The van der Waals surface area contributed by atoms with E-state index in [0.717, 1.165) is 31.9 Å². The highest BCUT2D eigenvalue weighted by atomic mass is 15.2. The number of aromatic nitrogens is 3. The van der Waals surface area contributed by atoms with Crippen LogP contribution in [0.3, 0.4) is 0 Å². The molecule has 0 bridgehead atoms. The Kier molecular flexibility index (Phi) is 5.21. The maximum absolute atomic E-state index is 4.82. The molecule has 2 aromatic heterocycles. The minimum Gasteiger partial charge on any atom is -0.305 e. The fourth-order valence-electron chi connectivity index (χ4n) is 3.53. The molecule has 0 radical (unpaired) electrons. The van der Waals surface area contributed by atoms with Crippen molar-refractivity contribution < 1.29 is 0 Å². The van der Waals surface area contributed by atoms with Crippen molar-refractivity contribution in [2.75, 3.05) is 20.6 Å². The van der Waals surface area contributed by atoms with Crippen molar-refractivity contribution in [3.05, 3.63) is 52.9 Å². The molecule has 1 aliphatic heterocycles. The quantitative estimate of drug-likeness (QED) is 0.846. The highest BCUT2D eigenvalue weighted by Crippen LogP contribution is 2.34. The standard InChI is InChI=1S/C19H27N5/c1-14-8-16(10-20-9-14)12-24-7-5-6-18(24)19-17(13-23(3)4)11-21-15(2)22-19/h8-11,18H,5-7,12-13H2,1-4H3/t18-/m1/s1. The van der Waals surface area contributed by atoms with Crippen LogP contribution in [0.5, 0.6) is 0 Å². The van der Waals surface area contributed by atoms with E-state index in [1.807, 2.05) is 25.5 Å². The van der Waals surface area contributed by atoms with Gasteiger partial charge in [0.1, 0.15) is 5.82 Å². The van der Waals surface area contributed by atoms with Crippen molar-refractivity contribution in [3.63, 3.8) is 0 Å². The third-order valence-corrected chi connectivity index (χ3v) is 4.50. The van der Waals surface area contributed by atoms with Crippen LogP contribution in [0.4, 0.5) is 0 Å². The Morgan fingerprint density at radius 1 is 1.21 bits per heavy atom. The lowest BCUT2D eigenvalue weighted by molar-refractivity contribution is 0.241. The van der Waals surface area contributed by atoms with Gasteiger partial charge in [-0.25, -0.2) is 9.97 Å². The minimum absolute atomic E-state index is 0.377. The van der Waals surface area contributed by atoms with Crippen LogP contribution in [0, 0.1) is 13.8 Å². The Balaban J connectivity index is 1.86. The predicted octanol–water partition coefficient (Wildman–Crippen LogP) is 2.89. The summed E-state index contributed by atoms with van der Waals surface area (Å²) in [5.74, 6) is 0.858. The molecule has 0 saturated carbocycles. The van der Waals surface area contributed by atoms with Gasteiger partial charge in [-0.05, 0) is 58.5 Å². The molecule has 0 unspecified atom stereocenters. The molecule has 1 atom stereocenters. The normalized spacial score (nSPS) is 18.5. The van der Waals surface area contributed by atoms with E-state index in [0.29, 0.717) is 6.04 Å². The molecule has 0 aromatic carbocycles. The number of likely N-dealkylation sites (tertiary alicyclic amines) is 1. The molecule has 1 saturated heterocycles. The van der Waals surface area contributed by atoms with Gasteiger partial charge in [0, 0.05) is 37.2 Å². The van der Waals surface area contributed by atoms with Gasteiger partial charge in [0.05, 0.1) is 11.7 Å². The zero-order chi connectivity index (χ0) is 17.1. The lowest BCUT2D eigenvalue weighted by Crippen LogP contribution is -2.26. The highest BCUT2D eigenvalue weighted by molar-refractivity contribution is 5.23. The average Bonchev–Trinajstić information content (AvgIpc) is 2.96. The number of aryl methyl sites for hydroxylation is 2. The number of pyridine rings is 1. The monoisotopic (exact) mass is 325 g/mol. The molecule has 1 fully saturated rings. The Morgan fingerprint density at radius 3 is 2.79 bits per heavy atom. The van der Waals surface area contributed by atoms with Crippen LogP contribution in [0.25, 0.3) is 0 Å². The lowest BCUT2D eigenvalue weighted by atomic mass is 10.0. The Morgan fingerprint density at radius 2 is 2.04 bits per heavy atom. The van der Waals surface area contributed by atoms with Gasteiger partial charge in [-0.1, -0.05) is 6.07 Å². The summed E-state index contributed by atoms with van der Waals surface area (Å²) in [4.78, 5) is 18.3. The fourth-order valence-corrected chi connectivity index (χ4v) is 3.53. The smallest absolute Gasteiger partial charge is 0.125 e. The first-order valence-corrected chi connectivity index (χ1v) is 8.64. The predicted molar refractivity (Wildman–Crippen MR) is 95.5 cm³/mol. The van der Waals surface area contributed by atoms with E-state index < -0.39 is 0 Å². The van der Waals surface area contributed by atoms with Crippen LogP contribution in [0.15, 0.2) is 24.7 Å². The van der Waals surface area contributed by atoms with Gasteiger partial charge in [0.15, 0.2) is 0 Å². The minimum atomic E-state index is 0.377. The molecule has 0 amide bonds. The molecular weight excluding hydrogens is 298 g/mol. The maximum Gasteiger partial charge on any atom is 0.125 e. The van der Waals surface area contributed by atoms with Crippen LogP contribution in [0.2, 0.25) is 0 Å². The first-order valence-electron chi connectivity index (χ1n) is 8.64. The van der Waals surface area contributed by atoms with Crippen molar-refractivity contribution in [2.24, 2.45) is 0 Å². The molecule has 0 aliphatic carbocycles. The highest BCUT2D eigenvalue weighted by Gasteiger charge is 2.29. The van der Waals surface area contributed by atoms with E-state index in [9.17, 15) is 0 Å². The zero-order valence-corrected chi connectivity index (χ0v) is 15.2. The second-order valence-corrected chi connectivity index (χ2v) is 7.06. The van der Waals surface area contributed by atoms with Gasteiger partial charge in [-0.15, -0.1) is 0 Å². The van der Waals surface area contributed by atoms with Gasteiger partial charge in [0.25, 0.3) is 0 Å². The summed E-state index contributed by atoms with van der Waals surface area (Å²) in [5, 5.41) is 0. The van der Waals surface area contributed by atoms with Crippen molar-refractivity contribution in [1.82, 2.24) is 24.8 Å². The number of hydrogen-bond acceptors (Lipinski definition) is 5. The van der Waals surface area contributed by atoms with E-state index in [-0.39, 0.29) is 0 Å². The molecular formula is C19H27N5. The van der Waals surface area contributed by atoms with Crippen LogP contribution in [-0.4, -0.2) is 45.4 Å². The van der Waals surface area contributed by atoms with E-state index in [2.05, 4.69) is 46.9 Å². The Bertz CT molecular complexity index is 698. The Hall–Kier alpha value is -1.85. The summed E-state index contributed by atoms with van der Waals surface area (Å²) in [6, 6.07) is 2.61. The van der Waals surface area contributed by atoms with Gasteiger partial charge in [0.2, 0.25) is 0 Å². The van der Waals surface area contributed by atoms with Crippen LogP contribution in [0.1, 0.15) is 47.1 Å². The molecule has 3 heterocycles. The van der Waals surface area contributed by atoms with Crippen molar-refractivity contribution in [1.29, 1.82) is 0 Å².